The van der Waals surface area contributed by atoms with E-state index in [1.54, 1.807) is 18.3 Å². The number of pyridine rings is 1. The molecule has 2 N–H and O–H groups in total. The van der Waals surface area contributed by atoms with Crippen molar-refractivity contribution < 1.29 is 4.79 Å². The summed E-state index contributed by atoms with van der Waals surface area (Å²) >= 11 is 5.89. The standard InChI is InChI=1S/C12H17ClN4O/c13-12-10(3-1-5-15-12)16-11(18)9-17-7-2-4-14-6-8-17/h1,3,5,14H,2,4,6-9H2,(H,16,18). The first-order chi connectivity index (χ1) is 8.75. The van der Waals surface area contributed by atoms with Crippen LogP contribution >= 0.6 is 11.6 Å². The molecule has 0 bridgehead atoms. The van der Waals surface area contributed by atoms with E-state index >= 15 is 0 Å². The Kier molecular flexibility index (Phi) is 4.92. The molecule has 1 saturated heterocycles. The van der Waals surface area contributed by atoms with Gasteiger partial charge in [0.25, 0.3) is 0 Å². The van der Waals surface area contributed by atoms with Gasteiger partial charge in [0.2, 0.25) is 5.91 Å². The van der Waals surface area contributed by atoms with Crippen LogP contribution in [-0.4, -0.2) is 48.5 Å². The second kappa shape index (κ2) is 6.68. The smallest absolute Gasteiger partial charge is 0.238 e. The number of nitrogens with zero attached hydrogens (tertiary/aromatic N) is 2. The lowest BCUT2D eigenvalue weighted by Gasteiger charge is -2.18. The molecule has 18 heavy (non-hydrogen) atoms. The van der Waals surface area contributed by atoms with Crippen molar-refractivity contribution in [3.05, 3.63) is 23.5 Å². The molecule has 1 aromatic heterocycles. The Morgan fingerprint density at radius 1 is 1.50 bits per heavy atom. The molecule has 0 saturated carbocycles. The highest BCUT2D eigenvalue weighted by Crippen LogP contribution is 2.17. The minimum atomic E-state index is -0.0493. The van der Waals surface area contributed by atoms with E-state index in [-0.39, 0.29) is 5.91 Å². The van der Waals surface area contributed by atoms with Gasteiger partial charge in [0.05, 0.1) is 12.2 Å². The highest BCUT2D eigenvalue weighted by Gasteiger charge is 2.13. The topological polar surface area (TPSA) is 57.3 Å². The van der Waals surface area contributed by atoms with Crippen LogP contribution in [-0.2, 0) is 4.79 Å². The lowest BCUT2D eigenvalue weighted by molar-refractivity contribution is -0.117. The van der Waals surface area contributed by atoms with Crippen molar-refractivity contribution in [1.82, 2.24) is 15.2 Å². The second-order valence-electron chi connectivity index (χ2n) is 4.27. The number of rotatable bonds is 3. The van der Waals surface area contributed by atoms with Gasteiger partial charge in [0.15, 0.2) is 5.15 Å². The number of anilines is 1. The highest BCUT2D eigenvalue weighted by atomic mass is 35.5. The number of halogens is 1. The Bertz CT molecular complexity index is 405. The lowest BCUT2D eigenvalue weighted by atomic mass is 10.3. The van der Waals surface area contributed by atoms with Gasteiger partial charge in [-0.15, -0.1) is 0 Å². The zero-order valence-electron chi connectivity index (χ0n) is 10.2. The summed E-state index contributed by atoms with van der Waals surface area (Å²) in [6.45, 7) is 4.19. The summed E-state index contributed by atoms with van der Waals surface area (Å²) < 4.78 is 0. The van der Waals surface area contributed by atoms with Gasteiger partial charge in [0, 0.05) is 19.3 Å². The Balaban J connectivity index is 1.86. The molecule has 6 heteroatoms. The summed E-state index contributed by atoms with van der Waals surface area (Å²) in [5, 5.41) is 6.41. The number of hydrogen-bond donors (Lipinski definition) is 2. The Morgan fingerprint density at radius 2 is 2.39 bits per heavy atom. The van der Waals surface area contributed by atoms with Gasteiger partial charge >= 0.3 is 0 Å². The summed E-state index contributed by atoms with van der Waals surface area (Å²) in [6.07, 6.45) is 2.67. The molecule has 0 unspecified atom stereocenters. The zero-order valence-corrected chi connectivity index (χ0v) is 10.9. The van der Waals surface area contributed by atoms with Gasteiger partial charge in [0.1, 0.15) is 0 Å². The molecule has 1 aliphatic heterocycles. The second-order valence-corrected chi connectivity index (χ2v) is 4.63. The fourth-order valence-electron chi connectivity index (χ4n) is 1.93. The van der Waals surface area contributed by atoms with E-state index in [1.807, 2.05) is 0 Å². The molecule has 1 amide bonds. The van der Waals surface area contributed by atoms with Gasteiger partial charge in [-0.2, -0.15) is 0 Å². The third kappa shape index (κ3) is 3.94. The third-order valence-electron chi connectivity index (χ3n) is 2.83. The van der Waals surface area contributed by atoms with Crippen LogP contribution in [0.1, 0.15) is 6.42 Å². The van der Waals surface area contributed by atoms with E-state index < -0.39 is 0 Å². The van der Waals surface area contributed by atoms with Crippen LogP contribution in [0.15, 0.2) is 18.3 Å². The van der Waals surface area contributed by atoms with E-state index in [0.29, 0.717) is 17.4 Å². The van der Waals surface area contributed by atoms with Gasteiger partial charge in [-0.05, 0) is 31.6 Å². The number of aromatic nitrogens is 1. The fourth-order valence-corrected chi connectivity index (χ4v) is 2.10. The average molecular weight is 269 g/mol. The molecular formula is C12H17ClN4O. The number of nitrogens with one attached hydrogen (secondary N) is 2. The predicted octanol–water partition coefficient (Wildman–Crippen LogP) is 0.969. The van der Waals surface area contributed by atoms with Crippen LogP contribution in [0, 0.1) is 0 Å². The minimum absolute atomic E-state index is 0.0493. The maximum atomic E-state index is 11.9. The molecule has 0 radical (unpaired) electrons. The average Bonchev–Trinajstić information content (AvgIpc) is 2.61. The fraction of sp³-hybridized carbons (Fsp3) is 0.500. The molecular weight excluding hydrogens is 252 g/mol. The summed E-state index contributed by atoms with van der Waals surface area (Å²) in [4.78, 5) is 17.9. The van der Waals surface area contributed by atoms with Crippen molar-refractivity contribution in [3.63, 3.8) is 0 Å². The maximum Gasteiger partial charge on any atom is 0.238 e. The molecule has 0 spiro atoms. The van der Waals surface area contributed by atoms with Crippen LogP contribution in [0.2, 0.25) is 5.15 Å². The van der Waals surface area contributed by atoms with Gasteiger partial charge in [-0.1, -0.05) is 11.6 Å². The molecule has 5 nitrogen and oxygen atoms in total. The number of carbonyl (C=O) groups is 1. The summed E-state index contributed by atoms with van der Waals surface area (Å²) in [7, 11) is 0. The first-order valence-electron chi connectivity index (χ1n) is 6.09. The van der Waals surface area contributed by atoms with Crippen LogP contribution in [0.4, 0.5) is 5.69 Å². The maximum absolute atomic E-state index is 11.9. The molecule has 0 atom stereocenters. The van der Waals surface area contributed by atoms with Crippen molar-refractivity contribution in [2.75, 3.05) is 38.0 Å². The summed E-state index contributed by atoms with van der Waals surface area (Å²) in [6, 6.07) is 3.49. The van der Waals surface area contributed by atoms with E-state index in [4.69, 9.17) is 11.6 Å². The van der Waals surface area contributed by atoms with E-state index in [1.165, 1.54) is 0 Å². The van der Waals surface area contributed by atoms with Gasteiger partial charge < -0.3 is 10.6 Å². The van der Waals surface area contributed by atoms with E-state index in [9.17, 15) is 4.79 Å². The van der Waals surface area contributed by atoms with Crippen molar-refractivity contribution in [1.29, 1.82) is 0 Å². The monoisotopic (exact) mass is 268 g/mol. The van der Waals surface area contributed by atoms with E-state index in [0.717, 1.165) is 32.6 Å². The number of carbonyl (C=O) groups excluding carboxylic acids is 1. The minimum Gasteiger partial charge on any atom is -0.322 e. The largest absolute Gasteiger partial charge is 0.322 e. The molecule has 0 aliphatic carbocycles. The molecule has 2 heterocycles. The van der Waals surface area contributed by atoms with Crippen LogP contribution in [0.3, 0.4) is 0 Å². The molecule has 1 fully saturated rings. The summed E-state index contributed by atoms with van der Waals surface area (Å²) in [5.74, 6) is -0.0493. The van der Waals surface area contributed by atoms with Crippen LogP contribution in [0.5, 0.6) is 0 Å². The molecule has 2 rings (SSSR count). The Morgan fingerprint density at radius 3 is 3.22 bits per heavy atom. The third-order valence-corrected chi connectivity index (χ3v) is 3.13. The quantitative estimate of drug-likeness (QED) is 0.802. The zero-order chi connectivity index (χ0) is 12.8. The molecule has 1 aliphatic rings. The summed E-state index contributed by atoms with van der Waals surface area (Å²) in [5.41, 5.74) is 0.567. The number of amides is 1. The van der Waals surface area contributed by atoms with E-state index in [2.05, 4.69) is 20.5 Å². The van der Waals surface area contributed by atoms with Crippen LogP contribution < -0.4 is 10.6 Å². The van der Waals surface area contributed by atoms with Crippen molar-refractivity contribution in [3.8, 4) is 0 Å². The van der Waals surface area contributed by atoms with Crippen molar-refractivity contribution in [2.45, 2.75) is 6.42 Å². The Hall–Kier alpha value is -1.17. The Labute approximate surface area is 112 Å². The predicted molar refractivity (Wildman–Crippen MR) is 71.8 cm³/mol. The first kappa shape index (κ1) is 13.3. The number of hydrogen-bond acceptors (Lipinski definition) is 4. The van der Waals surface area contributed by atoms with Gasteiger partial charge in [-0.25, -0.2) is 4.98 Å². The van der Waals surface area contributed by atoms with Gasteiger partial charge in [-0.3, -0.25) is 9.69 Å². The normalized spacial score (nSPS) is 17.2. The lowest BCUT2D eigenvalue weighted by Crippen LogP contribution is -2.35. The SMILES string of the molecule is O=C(CN1CCCNCC1)Nc1cccnc1Cl. The van der Waals surface area contributed by atoms with Crippen LogP contribution in [0.25, 0.3) is 0 Å². The van der Waals surface area contributed by atoms with Crippen molar-refractivity contribution >= 4 is 23.2 Å². The van der Waals surface area contributed by atoms with Crippen molar-refractivity contribution in [2.24, 2.45) is 0 Å². The first-order valence-corrected chi connectivity index (χ1v) is 6.47. The molecule has 98 valence electrons. The molecule has 1 aromatic rings. The molecule has 0 aromatic carbocycles. The highest BCUT2D eigenvalue weighted by molar-refractivity contribution is 6.32.